The van der Waals surface area contributed by atoms with Gasteiger partial charge in [-0.15, -0.1) is 11.8 Å². The molecule has 0 radical (unpaired) electrons. The average Bonchev–Trinajstić information content (AvgIpc) is 3.32. The summed E-state index contributed by atoms with van der Waals surface area (Å²) in [4.78, 5) is 13.0. The Bertz CT molecular complexity index is 1240. The number of hydrogen-bond donors (Lipinski definition) is 1. The van der Waals surface area contributed by atoms with E-state index in [1.807, 2.05) is 36.0 Å². The molecular formula is C25H28N6O2S. The summed E-state index contributed by atoms with van der Waals surface area (Å²) in [7, 11) is 0. The first kappa shape index (κ1) is 22.5. The number of rotatable bonds is 8. The molecule has 0 amide bonds. The zero-order valence-corrected chi connectivity index (χ0v) is 20.2. The largest absolute Gasteiger partial charge is 0.494 e. The molecule has 34 heavy (non-hydrogen) atoms. The average molecular weight is 477 g/mol. The molecule has 1 saturated heterocycles. The van der Waals surface area contributed by atoms with Gasteiger partial charge in [0.2, 0.25) is 11.3 Å². The summed E-state index contributed by atoms with van der Waals surface area (Å²) >= 11 is 1.96. The molecule has 4 aromatic rings. The minimum absolute atomic E-state index is 0.384. The van der Waals surface area contributed by atoms with Crippen molar-refractivity contribution in [2.45, 2.75) is 43.3 Å². The number of hydrogen-bond acceptors (Lipinski definition) is 9. The van der Waals surface area contributed by atoms with Gasteiger partial charge in [0, 0.05) is 35.0 Å². The Labute approximate surface area is 203 Å². The van der Waals surface area contributed by atoms with Crippen molar-refractivity contribution in [2.24, 2.45) is 0 Å². The Morgan fingerprint density at radius 1 is 1.06 bits per heavy atom. The highest BCUT2D eigenvalue weighted by atomic mass is 32.2. The lowest BCUT2D eigenvalue weighted by Crippen LogP contribution is -2.36. The maximum absolute atomic E-state index is 5.78. The van der Waals surface area contributed by atoms with E-state index in [9.17, 15) is 0 Å². The monoisotopic (exact) mass is 476 g/mol. The summed E-state index contributed by atoms with van der Waals surface area (Å²) in [6.07, 6.45) is 3.09. The van der Waals surface area contributed by atoms with E-state index in [-0.39, 0.29) is 0 Å². The van der Waals surface area contributed by atoms with Crippen molar-refractivity contribution in [3.05, 3.63) is 54.1 Å². The lowest BCUT2D eigenvalue weighted by molar-refractivity contribution is 0.314. The summed E-state index contributed by atoms with van der Waals surface area (Å²) in [6, 6.07) is 16.6. The minimum atomic E-state index is 0.384. The van der Waals surface area contributed by atoms with Crippen LogP contribution in [0.15, 0.2) is 58.1 Å². The van der Waals surface area contributed by atoms with E-state index in [2.05, 4.69) is 63.6 Å². The molecule has 0 aliphatic carbocycles. The van der Waals surface area contributed by atoms with Crippen molar-refractivity contribution in [3.8, 4) is 5.75 Å². The fourth-order valence-corrected chi connectivity index (χ4v) is 5.07. The van der Waals surface area contributed by atoms with Gasteiger partial charge in [-0.25, -0.2) is 14.6 Å². The summed E-state index contributed by atoms with van der Waals surface area (Å²) in [5.74, 6) is 2.22. The lowest BCUT2D eigenvalue weighted by Gasteiger charge is -2.33. The van der Waals surface area contributed by atoms with Crippen molar-refractivity contribution in [1.29, 1.82) is 0 Å². The molecule has 0 bridgehead atoms. The first-order chi connectivity index (χ1) is 16.7. The Hall–Kier alpha value is -3.33. The van der Waals surface area contributed by atoms with Crippen LogP contribution in [0, 0.1) is 6.92 Å². The molecule has 9 heteroatoms. The highest BCUT2D eigenvalue weighted by Crippen LogP contribution is 2.34. The van der Waals surface area contributed by atoms with Gasteiger partial charge >= 0.3 is 0 Å². The maximum atomic E-state index is 5.78. The van der Waals surface area contributed by atoms with Crippen molar-refractivity contribution >= 4 is 40.4 Å². The predicted octanol–water partition coefficient (Wildman–Crippen LogP) is 5.61. The molecule has 2 aromatic heterocycles. The van der Waals surface area contributed by atoms with E-state index < -0.39 is 0 Å². The highest BCUT2D eigenvalue weighted by Gasteiger charge is 2.25. The number of thioether (sulfide) groups is 1. The summed E-state index contributed by atoms with van der Waals surface area (Å²) in [6.45, 7) is 6.68. The fourth-order valence-electron chi connectivity index (χ4n) is 3.95. The molecule has 1 fully saturated rings. The quantitative estimate of drug-likeness (QED) is 0.348. The van der Waals surface area contributed by atoms with Gasteiger partial charge in [0.05, 0.1) is 6.61 Å². The van der Waals surface area contributed by atoms with E-state index in [0.29, 0.717) is 29.0 Å². The van der Waals surface area contributed by atoms with Crippen LogP contribution in [0.3, 0.4) is 0 Å². The number of anilines is 3. The second-order valence-corrected chi connectivity index (χ2v) is 9.80. The van der Waals surface area contributed by atoms with Crippen LogP contribution in [0.1, 0.15) is 31.7 Å². The third kappa shape index (κ3) is 5.25. The smallest absolute Gasteiger partial charge is 0.245 e. The normalized spacial score (nSPS) is 14.5. The molecule has 0 atom stereocenters. The van der Waals surface area contributed by atoms with Crippen LogP contribution < -0.4 is 15.0 Å². The molecule has 5 rings (SSSR count). The standard InChI is InChI=1S/C25H28N6O2S/c1-3-15-32-19-6-4-5-18(16-19)26-24-25(28-23-22(27-24)29-33-30-23)31-13-11-21(12-14-31)34-20-9-7-17(2)8-10-20/h4-10,16,21H,3,11-15H2,1-2H3,(H,26,27,29). The topological polar surface area (TPSA) is 89.2 Å². The van der Waals surface area contributed by atoms with E-state index in [1.54, 1.807) is 0 Å². The summed E-state index contributed by atoms with van der Waals surface area (Å²) in [5.41, 5.74) is 2.97. The maximum Gasteiger partial charge on any atom is 0.245 e. The van der Waals surface area contributed by atoms with Gasteiger partial charge in [-0.05, 0) is 60.8 Å². The molecule has 2 aromatic carbocycles. The first-order valence-electron chi connectivity index (χ1n) is 11.7. The van der Waals surface area contributed by atoms with E-state index in [0.717, 1.165) is 49.6 Å². The Morgan fingerprint density at radius 2 is 1.82 bits per heavy atom. The predicted molar refractivity (Wildman–Crippen MR) is 135 cm³/mol. The van der Waals surface area contributed by atoms with Crippen molar-refractivity contribution in [1.82, 2.24) is 20.3 Å². The second kappa shape index (κ2) is 10.3. The Balaban J connectivity index is 1.33. The zero-order valence-electron chi connectivity index (χ0n) is 19.4. The van der Waals surface area contributed by atoms with Crippen molar-refractivity contribution in [3.63, 3.8) is 0 Å². The second-order valence-electron chi connectivity index (χ2n) is 8.43. The van der Waals surface area contributed by atoms with E-state index in [4.69, 9.17) is 14.3 Å². The number of nitrogens with zero attached hydrogens (tertiary/aromatic N) is 5. The SMILES string of the molecule is CCCOc1cccc(Nc2nc3nonc3nc2N2CCC(Sc3ccc(C)cc3)CC2)c1. The van der Waals surface area contributed by atoms with Crippen LogP contribution in [-0.2, 0) is 0 Å². The Kier molecular flexibility index (Phi) is 6.80. The molecule has 0 spiro atoms. The number of aromatic nitrogens is 4. The molecule has 0 saturated carbocycles. The molecule has 0 unspecified atom stereocenters. The third-order valence-corrected chi connectivity index (χ3v) is 7.08. The molecule has 176 valence electrons. The fraction of sp³-hybridized carbons (Fsp3) is 0.360. The van der Waals surface area contributed by atoms with Crippen LogP contribution in [0.25, 0.3) is 11.3 Å². The van der Waals surface area contributed by atoms with Gasteiger partial charge < -0.3 is 15.0 Å². The van der Waals surface area contributed by atoms with E-state index >= 15 is 0 Å². The van der Waals surface area contributed by atoms with Gasteiger partial charge in [-0.2, -0.15) is 0 Å². The number of piperidine rings is 1. The van der Waals surface area contributed by atoms with E-state index in [1.165, 1.54) is 10.5 Å². The first-order valence-corrected chi connectivity index (χ1v) is 12.5. The van der Waals surface area contributed by atoms with Gasteiger partial charge in [-0.1, -0.05) is 30.7 Å². The summed E-state index contributed by atoms with van der Waals surface area (Å²) in [5, 5.41) is 11.8. The van der Waals surface area contributed by atoms with Crippen LogP contribution >= 0.6 is 11.8 Å². The van der Waals surface area contributed by atoms with Crippen LogP contribution in [0.2, 0.25) is 0 Å². The van der Waals surface area contributed by atoms with Crippen molar-refractivity contribution < 1.29 is 9.37 Å². The number of aryl methyl sites for hydroxylation is 1. The number of nitrogens with one attached hydrogen (secondary N) is 1. The van der Waals surface area contributed by atoms with Gasteiger partial charge in [0.1, 0.15) is 5.75 Å². The molecule has 1 N–H and O–H groups in total. The van der Waals surface area contributed by atoms with Crippen LogP contribution in [-0.4, -0.2) is 45.2 Å². The zero-order chi connectivity index (χ0) is 23.3. The highest BCUT2D eigenvalue weighted by molar-refractivity contribution is 8.00. The van der Waals surface area contributed by atoms with Gasteiger partial charge in [-0.3, -0.25) is 0 Å². The molecule has 3 heterocycles. The van der Waals surface area contributed by atoms with Crippen LogP contribution in [0.5, 0.6) is 5.75 Å². The third-order valence-electron chi connectivity index (χ3n) is 5.73. The molecule has 1 aliphatic rings. The van der Waals surface area contributed by atoms with Gasteiger partial charge in [0.15, 0.2) is 11.6 Å². The lowest BCUT2D eigenvalue weighted by atomic mass is 10.1. The molecular weight excluding hydrogens is 448 g/mol. The number of fused-ring (bicyclic) bond motifs is 1. The Morgan fingerprint density at radius 3 is 2.59 bits per heavy atom. The molecule has 8 nitrogen and oxygen atoms in total. The van der Waals surface area contributed by atoms with Crippen LogP contribution in [0.4, 0.5) is 17.3 Å². The van der Waals surface area contributed by atoms with Gasteiger partial charge in [0.25, 0.3) is 0 Å². The number of benzene rings is 2. The van der Waals surface area contributed by atoms with Crippen molar-refractivity contribution in [2.75, 3.05) is 29.9 Å². The minimum Gasteiger partial charge on any atom is -0.494 e. The summed E-state index contributed by atoms with van der Waals surface area (Å²) < 4.78 is 10.7. The number of ether oxygens (including phenoxy) is 1. The molecule has 1 aliphatic heterocycles.